The Balaban J connectivity index is 1.79. The molecule has 2 aromatic carbocycles. The highest BCUT2D eigenvalue weighted by Crippen LogP contribution is 2.28. The van der Waals surface area contributed by atoms with Crippen LogP contribution < -0.4 is 10.2 Å². The Morgan fingerprint density at radius 3 is 2.47 bits per heavy atom. The number of hydrogen-bond acceptors (Lipinski definition) is 5. The van der Waals surface area contributed by atoms with Gasteiger partial charge in [-0.2, -0.15) is 0 Å². The van der Waals surface area contributed by atoms with E-state index in [-0.39, 0.29) is 19.1 Å². The van der Waals surface area contributed by atoms with Crippen LogP contribution in [0.2, 0.25) is 5.02 Å². The van der Waals surface area contributed by atoms with E-state index >= 15 is 0 Å². The molecule has 2 amide bonds. The molecule has 184 valence electrons. The first-order valence-electron chi connectivity index (χ1n) is 11.6. The van der Waals surface area contributed by atoms with E-state index in [4.69, 9.17) is 16.3 Å². The highest BCUT2D eigenvalue weighted by molar-refractivity contribution is 6.34. The van der Waals surface area contributed by atoms with E-state index in [9.17, 15) is 14.7 Å². The number of amides is 2. The van der Waals surface area contributed by atoms with Crippen molar-refractivity contribution in [1.29, 1.82) is 0 Å². The van der Waals surface area contributed by atoms with Gasteiger partial charge in [-0.05, 0) is 70.4 Å². The van der Waals surface area contributed by atoms with Gasteiger partial charge in [0.2, 0.25) is 0 Å². The van der Waals surface area contributed by atoms with Crippen molar-refractivity contribution in [3.8, 4) is 0 Å². The predicted molar refractivity (Wildman–Crippen MR) is 136 cm³/mol. The Kier molecular flexibility index (Phi) is 8.44. The number of anilines is 2. The monoisotopic (exact) mass is 487 g/mol. The van der Waals surface area contributed by atoms with E-state index in [1.807, 2.05) is 30.3 Å². The van der Waals surface area contributed by atoms with Crippen molar-refractivity contribution in [2.24, 2.45) is 0 Å². The maximum Gasteiger partial charge on any atom is 0.410 e. The van der Waals surface area contributed by atoms with Crippen LogP contribution in [0, 0.1) is 0 Å². The molecule has 1 saturated heterocycles. The molecule has 0 aliphatic carbocycles. The number of rotatable bonds is 7. The van der Waals surface area contributed by atoms with Gasteiger partial charge < -0.3 is 20.1 Å². The van der Waals surface area contributed by atoms with Crippen molar-refractivity contribution >= 4 is 35.0 Å². The van der Waals surface area contributed by atoms with Gasteiger partial charge in [-0.1, -0.05) is 29.8 Å². The number of aliphatic hydroxyl groups is 1. The standard InChI is InChI=1S/C26H34ClN3O4/c1-18(17-31)30(25(33)34-26(2,3)4)16-19-9-5-6-10-23(19)28-24(32)21-12-11-20(15-22(21)27)29-13-7-8-14-29/h5-6,9-12,15,18,31H,7-8,13-14,16-17H2,1-4H3,(H,28,32)/t18-/m1/s1. The molecule has 7 nitrogen and oxygen atoms in total. The summed E-state index contributed by atoms with van der Waals surface area (Å²) in [5.74, 6) is -0.329. The molecule has 1 heterocycles. The summed E-state index contributed by atoms with van der Waals surface area (Å²) in [4.78, 5) is 29.6. The van der Waals surface area contributed by atoms with Gasteiger partial charge >= 0.3 is 6.09 Å². The van der Waals surface area contributed by atoms with Crippen LogP contribution in [0.3, 0.4) is 0 Å². The second-order valence-electron chi connectivity index (χ2n) is 9.61. The summed E-state index contributed by atoms with van der Waals surface area (Å²) in [7, 11) is 0. The van der Waals surface area contributed by atoms with Gasteiger partial charge in [0.15, 0.2) is 0 Å². The van der Waals surface area contributed by atoms with Crippen LogP contribution in [-0.4, -0.2) is 53.3 Å². The van der Waals surface area contributed by atoms with E-state index in [2.05, 4.69) is 10.2 Å². The summed E-state index contributed by atoms with van der Waals surface area (Å²) in [5, 5.41) is 13.0. The van der Waals surface area contributed by atoms with Crippen molar-refractivity contribution < 1.29 is 19.4 Å². The first-order valence-corrected chi connectivity index (χ1v) is 12.0. The number of hydrogen-bond donors (Lipinski definition) is 2. The molecule has 3 rings (SSSR count). The van der Waals surface area contributed by atoms with E-state index in [0.29, 0.717) is 21.8 Å². The Morgan fingerprint density at radius 1 is 1.18 bits per heavy atom. The molecule has 1 aliphatic rings. The van der Waals surface area contributed by atoms with E-state index in [1.165, 1.54) is 4.90 Å². The second-order valence-corrected chi connectivity index (χ2v) is 10.0. The number of carbonyl (C=O) groups excluding carboxylic acids is 2. The number of para-hydroxylation sites is 1. The molecule has 1 fully saturated rings. The Bertz CT molecular complexity index is 1020. The maximum absolute atomic E-state index is 13.1. The minimum absolute atomic E-state index is 0.161. The number of nitrogens with one attached hydrogen (secondary N) is 1. The van der Waals surface area contributed by atoms with Crippen molar-refractivity contribution in [2.75, 3.05) is 29.9 Å². The molecule has 0 radical (unpaired) electrons. The van der Waals surface area contributed by atoms with Crippen LogP contribution in [0.25, 0.3) is 0 Å². The lowest BCUT2D eigenvalue weighted by Gasteiger charge is -2.31. The first-order chi connectivity index (χ1) is 16.1. The number of benzene rings is 2. The average molecular weight is 488 g/mol. The van der Waals surface area contributed by atoms with Gasteiger partial charge in [0, 0.05) is 24.5 Å². The van der Waals surface area contributed by atoms with Gasteiger partial charge in [-0.15, -0.1) is 0 Å². The zero-order chi connectivity index (χ0) is 24.9. The molecule has 1 aliphatic heterocycles. The predicted octanol–water partition coefficient (Wildman–Crippen LogP) is 5.31. The van der Waals surface area contributed by atoms with Crippen molar-refractivity contribution in [1.82, 2.24) is 4.90 Å². The fourth-order valence-corrected chi connectivity index (χ4v) is 4.09. The van der Waals surface area contributed by atoms with Crippen molar-refractivity contribution in [3.63, 3.8) is 0 Å². The third kappa shape index (κ3) is 6.64. The van der Waals surface area contributed by atoms with Crippen molar-refractivity contribution in [3.05, 3.63) is 58.6 Å². The third-order valence-corrected chi connectivity index (χ3v) is 6.01. The van der Waals surface area contributed by atoms with Crippen LogP contribution in [0.1, 0.15) is 56.5 Å². The molecule has 0 aromatic heterocycles. The molecule has 2 N–H and O–H groups in total. The second kappa shape index (κ2) is 11.1. The topological polar surface area (TPSA) is 82.1 Å². The average Bonchev–Trinajstić information content (AvgIpc) is 3.31. The Labute approximate surface area is 206 Å². The fourth-order valence-electron chi connectivity index (χ4n) is 3.83. The summed E-state index contributed by atoms with van der Waals surface area (Å²) < 4.78 is 5.52. The lowest BCUT2D eigenvalue weighted by Crippen LogP contribution is -2.43. The first kappa shape index (κ1) is 25.8. The van der Waals surface area contributed by atoms with Crippen LogP contribution in [-0.2, 0) is 11.3 Å². The molecular formula is C26H34ClN3O4. The maximum atomic E-state index is 13.1. The largest absolute Gasteiger partial charge is 0.444 e. The fraction of sp³-hybridized carbons (Fsp3) is 0.462. The summed E-state index contributed by atoms with van der Waals surface area (Å²) in [5.41, 5.74) is 2.01. The summed E-state index contributed by atoms with van der Waals surface area (Å²) in [6.07, 6.45) is 1.79. The quantitative estimate of drug-likeness (QED) is 0.553. The lowest BCUT2D eigenvalue weighted by molar-refractivity contribution is 0.00943. The summed E-state index contributed by atoms with van der Waals surface area (Å²) in [6.45, 7) is 9.05. The highest BCUT2D eigenvalue weighted by Gasteiger charge is 2.27. The molecule has 8 heteroatoms. The molecule has 1 atom stereocenters. The SMILES string of the molecule is C[C@H](CO)N(Cc1ccccc1NC(=O)c1ccc(N2CCCC2)cc1Cl)C(=O)OC(C)(C)C. The zero-order valence-corrected chi connectivity index (χ0v) is 21.1. The van der Waals surface area contributed by atoms with Gasteiger partial charge in [0.1, 0.15) is 5.60 Å². The van der Waals surface area contributed by atoms with Gasteiger partial charge in [-0.25, -0.2) is 4.79 Å². The Morgan fingerprint density at radius 2 is 1.85 bits per heavy atom. The van der Waals surface area contributed by atoms with Crippen LogP contribution in [0.5, 0.6) is 0 Å². The molecule has 0 bridgehead atoms. The Hall–Kier alpha value is -2.77. The smallest absolute Gasteiger partial charge is 0.410 e. The molecule has 0 saturated carbocycles. The normalized spacial score (nSPS) is 14.6. The molecule has 2 aromatic rings. The minimum atomic E-state index is -0.670. The zero-order valence-electron chi connectivity index (χ0n) is 20.3. The van der Waals surface area contributed by atoms with Crippen LogP contribution in [0.4, 0.5) is 16.2 Å². The lowest BCUT2D eigenvalue weighted by atomic mass is 10.1. The van der Waals surface area contributed by atoms with E-state index < -0.39 is 17.7 Å². The molecule has 34 heavy (non-hydrogen) atoms. The van der Waals surface area contributed by atoms with Gasteiger partial charge in [-0.3, -0.25) is 9.69 Å². The van der Waals surface area contributed by atoms with E-state index in [0.717, 1.165) is 31.6 Å². The molecule has 0 unspecified atom stereocenters. The van der Waals surface area contributed by atoms with Crippen LogP contribution in [0.15, 0.2) is 42.5 Å². The van der Waals surface area contributed by atoms with Gasteiger partial charge in [0.25, 0.3) is 5.91 Å². The number of halogens is 1. The summed E-state index contributed by atoms with van der Waals surface area (Å²) in [6, 6.07) is 12.3. The third-order valence-electron chi connectivity index (χ3n) is 5.70. The number of ether oxygens (including phenoxy) is 1. The van der Waals surface area contributed by atoms with Crippen LogP contribution >= 0.6 is 11.6 Å². The number of carbonyl (C=O) groups is 2. The number of nitrogens with zero attached hydrogens (tertiary/aromatic N) is 2. The molecular weight excluding hydrogens is 454 g/mol. The highest BCUT2D eigenvalue weighted by atomic mass is 35.5. The molecule has 0 spiro atoms. The number of aliphatic hydroxyl groups excluding tert-OH is 1. The van der Waals surface area contributed by atoms with Crippen molar-refractivity contribution in [2.45, 2.75) is 58.7 Å². The minimum Gasteiger partial charge on any atom is -0.444 e. The van der Waals surface area contributed by atoms with E-state index in [1.54, 1.807) is 39.8 Å². The van der Waals surface area contributed by atoms with Gasteiger partial charge in [0.05, 0.1) is 29.8 Å². The summed E-state index contributed by atoms with van der Waals surface area (Å²) >= 11 is 6.47.